The fourth-order valence-corrected chi connectivity index (χ4v) is 2.59. The van der Waals surface area contributed by atoms with Crippen LogP contribution in [0, 0.1) is 17.2 Å². The zero-order valence-electron chi connectivity index (χ0n) is 11.0. The fourth-order valence-electron chi connectivity index (χ4n) is 2.38. The summed E-state index contributed by atoms with van der Waals surface area (Å²) in [6, 6.07) is 5.19. The van der Waals surface area contributed by atoms with Crippen LogP contribution in [0.4, 0.5) is 5.82 Å². The van der Waals surface area contributed by atoms with Crippen molar-refractivity contribution >= 4 is 17.4 Å². The van der Waals surface area contributed by atoms with E-state index in [2.05, 4.69) is 17.2 Å². The Labute approximate surface area is 118 Å². The largest absolute Gasteiger partial charge is 0.388 e. The molecule has 0 radical (unpaired) electrons. The molecule has 5 heteroatoms. The van der Waals surface area contributed by atoms with E-state index in [4.69, 9.17) is 16.9 Å². The second kappa shape index (κ2) is 5.77. The maximum Gasteiger partial charge on any atom is 0.132 e. The average molecular weight is 280 g/mol. The maximum absolute atomic E-state index is 10.5. The van der Waals surface area contributed by atoms with Gasteiger partial charge in [0.05, 0.1) is 17.2 Å². The van der Waals surface area contributed by atoms with Crippen LogP contribution in [0.2, 0.25) is 5.15 Å². The summed E-state index contributed by atoms with van der Waals surface area (Å²) in [6.45, 7) is 2.66. The molecule has 0 atom stereocenters. The topological polar surface area (TPSA) is 68.9 Å². The lowest BCUT2D eigenvalue weighted by Gasteiger charge is -2.35. The summed E-state index contributed by atoms with van der Waals surface area (Å²) < 4.78 is 0. The van der Waals surface area contributed by atoms with Crippen LogP contribution in [-0.4, -0.2) is 22.2 Å². The molecule has 2 rings (SSSR count). The Kier molecular flexibility index (Phi) is 4.28. The molecule has 19 heavy (non-hydrogen) atoms. The summed E-state index contributed by atoms with van der Waals surface area (Å²) in [6.07, 6.45) is 3.69. The van der Waals surface area contributed by atoms with Crippen molar-refractivity contribution in [2.75, 3.05) is 11.9 Å². The number of nitrogens with one attached hydrogen (secondary N) is 1. The molecular weight excluding hydrogens is 262 g/mol. The number of hydrogen-bond donors (Lipinski definition) is 2. The molecule has 4 nitrogen and oxygen atoms in total. The van der Waals surface area contributed by atoms with Gasteiger partial charge in [0.25, 0.3) is 0 Å². The maximum atomic E-state index is 10.5. The van der Waals surface area contributed by atoms with Crippen molar-refractivity contribution in [1.29, 1.82) is 5.26 Å². The summed E-state index contributed by atoms with van der Waals surface area (Å²) >= 11 is 5.84. The van der Waals surface area contributed by atoms with Crippen molar-refractivity contribution in [2.45, 2.75) is 38.2 Å². The zero-order valence-corrected chi connectivity index (χ0v) is 11.7. The molecule has 1 aliphatic rings. The van der Waals surface area contributed by atoms with Gasteiger partial charge in [-0.05, 0) is 43.7 Å². The molecule has 0 aliphatic heterocycles. The van der Waals surface area contributed by atoms with Gasteiger partial charge in [0, 0.05) is 6.54 Å². The van der Waals surface area contributed by atoms with Crippen LogP contribution < -0.4 is 5.32 Å². The first-order valence-corrected chi connectivity index (χ1v) is 6.92. The summed E-state index contributed by atoms with van der Waals surface area (Å²) in [7, 11) is 0. The third-order valence-corrected chi connectivity index (χ3v) is 3.92. The van der Waals surface area contributed by atoms with Crippen LogP contribution in [0.3, 0.4) is 0 Å². The van der Waals surface area contributed by atoms with Gasteiger partial charge in [0.15, 0.2) is 0 Å². The van der Waals surface area contributed by atoms with E-state index in [1.165, 1.54) is 6.07 Å². The van der Waals surface area contributed by atoms with Crippen molar-refractivity contribution in [1.82, 2.24) is 4.98 Å². The minimum Gasteiger partial charge on any atom is -0.388 e. The summed E-state index contributed by atoms with van der Waals surface area (Å²) in [5, 5.41) is 22.7. The molecule has 0 unspecified atom stereocenters. The molecule has 2 N–H and O–H groups in total. The molecule has 0 saturated heterocycles. The molecule has 0 aromatic carbocycles. The predicted octanol–water partition coefficient (Wildman–Crippen LogP) is 2.96. The lowest BCUT2D eigenvalue weighted by molar-refractivity contribution is 0.00495. The Morgan fingerprint density at radius 2 is 2.21 bits per heavy atom. The monoisotopic (exact) mass is 279 g/mol. The molecule has 102 valence electrons. The average Bonchev–Trinajstić information content (AvgIpc) is 2.40. The first-order valence-electron chi connectivity index (χ1n) is 6.55. The van der Waals surface area contributed by atoms with Gasteiger partial charge in [-0.15, -0.1) is 0 Å². The number of hydrogen-bond acceptors (Lipinski definition) is 4. The molecule has 0 spiro atoms. The molecule has 1 aromatic rings. The van der Waals surface area contributed by atoms with Gasteiger partial charge in [-0.1, -0.05) is 18.5 Å². The first kappa shape index (κ1) is 14.1. The summed E-state index contributed by atoms with van der Waals surface area (Å²) in [5.41, 5.74) is -0.213. The van der Waals surface area contributed by atoms with Gasteiger partial charge in [0.1, 0.15) is 11.0 Å². The van der Waals surface area contributed by atoms with E-state index < -0.39 is 5.60 Å². The van der Waals surface area contributed by atoms with E-state index in [9.17, 15) is 5.11 Å². The second-order valence-corrected chi connectivity index (χ2v) is 5.82. The minimum absolute atomic E-state index is 0.283. The van der Waals surface area contributed by atoms with Crippen LogP contribution >= 0.6 is 11.6 Å². The van der Waals surface area contributed by atoms with E-state index in [1.54, 1.807) is 6.07 Å². The third kappa shape index (κ3) is 3.82. The number of rotatable bonds is 3. The number of nitriles is 1. The standard InChI is InChI=1S/C14H18ClN3O/c1-10-2-4-14(19,5-3-10)9-17-13-7-11(8-16)6-12(15)18-13/h6-7,10,19H,2-5,9H2,1H3,(H,17,18). The van der Waals surface area contributed by atoms with Crippen LogP contribution in [0.25, 0.3) is 0 Å². The SMILES string of the molecule is CC1CCC(O)(CNc2cc(C#N)cc(Cl)n2)CC1. The van der Waals surface area contributed by atoms with Crippen LogP contribution in [0.15, 0.2) is 12.1 Å². The van der Waals surface area contributed by atoms with Crippen molar-refractivity contribution in [3.8, 4) is 6.07 Å². The Bertz CT molecular complexity index is 490. The van der Waals surface area contributed by atoms with E-state index in [0.29, 0.717) is 23.8 Å². The predicted molar refractivity (Wildman–Crippen MR) is 75.0 cm³/mol. The molecular formula is C14H18ClN3O. The highest BCUT2D eigenvalue weighted by Gasteiger charge is 2.31. The molecule has 1 heterocycles. The van der Waals surface area contributed by atoms with Crippen molar-refractivity contribution in [2.24, 2.45) is 5.92 Å². The molecule has 1 fully saturated rings. The van der Waals surface area contributed by atoms with E-state index >= 15 is 0 Å². The minimum atomic E-state index is -0.677. The fraction of sp³-hybridized carbons (Fsp3) is 0.571. The number of anilines is 1. The lowest BCUT2D eigenvalue weighted by atomic mass is 9.79. The summed E-state index contributed by atoms with van der Waals surface area (Å²) in [5.74, 6) is 1.23. The lowest BCUT2D eigenvalue weighted by Crippen LogP contribution is -2.40. The van der Waals surface area contributed by atoms with Crippen molar-refractivity contribution in [3.05, 3.63) is 22.8 Å². The number of halogens is 1. The Morgan fingerprint density at radius 1 is 1.53 bits per heavy atom. The van der Waals surface area contributed by atoms with Gasteiger partial charge in [0.2, 0.25) is 0 Å². The van der Waals surface area contributed by atoms with Gasteiger partial charge >= 0.3 is 0 Å². The molecule has 1 saturated carbocycles. The van der Waals surface area contributed by atoms with Crippen LogP contribution in [-0.2, 0) is 0 Å². The molecule has 1 aromatic heterocycles. The summed E-state index contributed by atoms with van der Waals surface area (Å²) in [4.78, 5) is 4.10. The molecule has 1 aliphatic carbocycles. The quantitative estimate of drug-likeness (QED) is 0.835. The number of nitrogens with zero attached hydrogens (tertiary/aromatic N) is 2. The highest BCUT2D eigenvalue weighted by Crippen LogP contribution is 2.31. The Morgan fingerprint density at radius 3 is 2.84 bits per heavy atom. The Hall–Kier alpha value is -1.31. The smallest absolute Gasteiger partial charge is 0.132 e. The van der Waals surface area contributed by atoms with E-state index in [1.807, 2.05) is 6.07 Å². The van der Waals surface area contributed by atoms with Gasteiger partial charge in [-0.2, -0.15) is 5.26 Å². The Balaban J connectivity index is 1.99. The number of pyridine rings is 1. The molecule has 0 amide bonds. The number of aliphatic hydroxyl groups is 1. The van der Waals surface area contributed by atoms with Gasteiger partial charge in [-0.25, -0.2) is 4.98 Å². The van der Waals surface area contributed by atoms with Crippen molar-refractivity contribution in [3.63, 3.8) is 0 Å². The van der Waals surface area contributed by atoms with Gasteiger partial charge < -0.3 is 10.4 Å². The molecule has 0 bridgehead atoms. The number of aromatic nitrogens is 1. The normalized spacial score (nSPS) is 26.7. The van der Waals surface area contributed by atoms with E-state index in [0.717, 1.165) is 25.7 Å². The highest BCUT2D eigenvalue weighted by molar-refractivity contribution is 6.29. The van der Waals surface area contributed by atoms with Crippen LogP contribution in [0.5, 0.6) is 0 Å². The van der Waals surface area contributed by atoms with Crippen LogP contribution in [0.1, 0.15) is 38.2 Å². The van der Waals surface area contributed by atoms with Gasteiger partial charge in [-0.3, -0.25) is 0 Å². The third-order valence-electron chi connectivity index (χ3n) is 3.73. The second-order valence-electron chi connectivity index (χ2n) is 5.44. The highest BCUT2D eigenvalue weighted by atomic mass is 35.5. The first-order chi connectivity index (χ1) is 9.00. The zero-order chi connectivity index (χ0) is 13.9. The van der Waals surface area contributed by atoms with Crippen molar-refractivity contribution < 1.29 is 5.11 Å². The van der Waals surface area contributed by atoms with E-state index in [-0.39, 0.29) is 5.15 Å².